The topological polar surface area (TPSA) is 42.7 Å². The van der Waals surface area contributed by atoms with Gasteiger partial charge in [0.05, 0.1) is 19.1 Å². The Labute approximate surface area is 102 Å². The predicted octanol–water partition coefficient (Wildman–Crippen LogP) is 1.50. The third-order valence-corrected chi connectivity index (χ3v) is 3.01. The van der Waals surface area contributed by atoms with Crippen molar-refractivity contribution in [2.75, 3.05) is 26.2 Å². The number of carbonyl (C=O) groups is 1. The van der Waals surface area contributed by atoms with E-state index < -0.39 is 0 Å². The van der Waals surface area contributed by atoms with E-state index in [1.165, 1.54) is 0 Å². The summed E-state index contributed by atoms with van der Waals surface area (Å²) in [5.41, 5.74) is 0.922. The molecule has 0 aliphatic carbocycles. The van der Waals surface area contributed by atoms with Crippen LogP contribution in [-0.4, -0.2) is 43.0 Å². The van der Waals surface area contributed by atoms with Gasteiger partial charge in [0.25, 0.3) is 0 Å². The highest BCUT2D eigenvalue weighted by Crippen LogP contribution is 2.10. The first kappa shape index (κ1) is 12.3. The van der Waals surface area contributed by atoms with Crippen LogP contribution in [0.4, 0.5) is 0 Å². The molecule has 1 aliphatic heterocycles. The van der Waals surface area contributed by atoms with Crippen molar-refractivity contribution in [2.45, 2.75) is 25.9 Å². The summed E-state index contributed by atoms with van der Waals surface area (Å²) in [6.07, 6.45) is 4.45. The van der Waals surface area contributed by atoms with Gasteiger partial charge in [-0.15, -0.1) is 0 Å². The molecule has 0 amide bonds. The summed E-state index contributed by atoms with van der Waals surface area (Å²) in [4.78, 5) is 14.3. The minimum Gasteiger partial charge on any atom is -0.472 e. The number of carbonyl (C=O) groups excluding carboxylic acids is 1. The van der Waals surface area contributed by atoms with Crippen LogP contribution in [0.15, 0.2) is 23.0 Å². The van der Waals surface area contributed by atoms with E-state index in [0.717, 1.165) is 31.6 Å². The van der Waals surface area contributed by atoms with Gasteiger partial charge in [0, 0.05) is 19.5 Å². The molecule has 0 bridgehead atoms. The van der Waals surface area contributed by atoms with E-state index in [0.29, 0.717) is 13.0 Å². The highest BCUT2D eigenvalue weighted by Gasteiger charge is 2.26. The van der Waals surface area contributed by atoms with Crippen LogP contribution >= 0.6 is 0 Å². The molecule has 17 heavy (non-hydrogen) atoms. The molecule has 0 radical (unpaired) electrons. The van der Waals surface area contributed by atoms with Crippen LogP contribution in [0.2, 0.25) is 0 Å². The van der Waals surface area contributed by atoms with E-state index in [1.807, 2.05) is 6.07 Å². The van der Waals surface area contributed by atoms with Gasteiger partial charge in [-0.25, -0.2) is 0 Å². The van der Waals surface area contributed by atoms with Gasteiger partial charge >= 0.3 is 0 Å². The Morgan fingerprint density at radius 3 is 3.18 bits per heavy atom. The third kappa shape index (κ3) is 3.41. The van der Waals surface area contributed by atoms with Gasteiger partial charge in [0.2, 0.25) is 0 Å². The van der Waals surface area contributed by atoms with Crippen LogP contribution in [-0.2, 0) is 16.0 Å². The monoisotopic (exact) mass is 237 g/mol. The van der Waals surface area contributed by atoms with E-state index in [-0.39, 0.29) is 11.9 Å². The fourth-order valence-corrected chi connectivity index (χ4v) is 2.12. The molecule has 1 unspecified atom stereocenters. The van der Waals surface area contributed by atoms with Crippen LogP contribution in [0.5, 0.6) is 0 Å². The van der Waals surface area contributed by atoms with E-state index in [9.17, 15) is 4.79 Å². The second-order valence-electron chi connectivity index (χ2n) is 4.43. The number of hydrogen-bond acceptors (Lipinski definition) is 4. The van der Waals surface area contributed by atoms with Gasteiger partial charge < -0.3 is 9.15 Å². The van der Waals surface area contributed by atoms with E-state index in [2.05, 4.69) is 11.8 Å². The first-order chi connectivity index (χ1) is 8.29. The maximum Gasteiger partial charge on any atom is 0.167 e. The number of furan rings is 1. The zero-order valence-electron chi connectivity index (χ0n) is 10.2. The maximum absolute atomic E-state index is 12.0. The number of hydrogen-bond donors (Lipinski definition) is 0. The highest BCUT2D eigenvalue weighted by molar-refractivity contribution is 5.85. The summed E-state index contributed by atoms with van der Waals surface area (Å²) < 4.78 is 10.5. The normalized spacial score (nSPS) is 21.6. The lowest BCUT2D eigenvalue weighted by Gasteiger charge is -2.31. The smallest absolute Gasteiger partial charge is 0.167 e. The average Bonchev–Trinajstić information content (AvgIpc) is 2.83. The standard InChI is InChI=1S/C13H19NO3/c1-2-4-14-5-7-17-13(9-14)12(15)8-11-3-6-16-10-11/h3,6,10,13H,2,4-5,7-9H2,1H3. The van der Waals surface area contributed by atoms with Crippen LogP contribution in [0.3, 0.4) is 0 Å². The number of morpholine rings is 1. The molecule has 1 aromatic heterocycles. The zero-order valence-corrected chi connectivity index (χ0v) is 10.2. The minimum atomic E-state index is -0.273. The van der Waals surface area contributed by atoms with Crippen molar-refractivity contribution in [1.29, 1.82) is 0 Å². The zero-order chi connectivity index (χ0) is 12.1. The first-order valence-electron chi connectivity index (χ1n) is 6.17. The summed E-state index contributed by atoms with van der Waals surface area (Å²) in [7, 11) is 0. The van der Waals surface area contributed by atoms with Crippen molar-refractivity contribution in [3.63, 3.8) is 0 Å². The van der Waals surface area contributed by atoms with Crippen LogP contribution < -0.4 is 0 Å². The lowest BCUT2D eigenvalue weighted by molar-refractivity contribution is -0.135. The van der Waals surface area contributed by atoms with E-state index in [1.54, 1.807) is 12.5 Å². The van der Waals surface area contributed by atoms with Gasteiger partial charge in [-0.05, 0) is 24.6 Å². The molecule has 4 heteroatoms. The summed E-state index contributed by atoms with van der Waals surface area (Å²) in [6.45, 7) is 5.51. The molecular formula is C13H19NO3. The molecule has 0 saturated carbocycles. The molecule has 4 nitrogen and oxygen atoms in total. The largest absolute Gasteiger partial charge is 0.472 e. The van der Waals surface area contributed by atoms with Crippen LogP contribution in [0.25, 0.3) is 0 Å². The second-order valence-corrected chi connectivity index (χ2v) is 4.43. The third-order valence-electron chi connectivity index (χ3n) is 3.01. The van der Waals surface area contributed by atoms with Gasteiger partial charge in [-0.3, -0.25) is 9.69 Å². The summed E-state index contributed by atoms with van der Waals surface area (Å²) in [5.74, 6) is 0.146. The first-order valence-corrected chi connectivity index (χ1v) is 6.17. The Morgan fingerprint density at radius 2 is 2.47 bits per heavy atom. The van der Waals surface area contributed by atoms with Crippen LogP contribution in [0.1, 0.15) is 18.9 Å². The number of ketones is 1. The lowest BCUT2D eigenvalue weighted by Crippen LogP contribution is -2.46. The van der Waals surface area contributed by atoms with E-state index >= 15 is 0 Å². The van der Waals surface area contributed by atoms with E-state index in [4.69, 9.17) is 9.15 Å². The van der Waals surface area contributed by atoms with Gasteiger partial charge in [-0.1, -0.05) is 6.92 Å². The Morgan fingerprint density at radius 1 is 1.59 bits per heavy atom. The predicted molar refractivity (Wildman–Crippen MR) is 63.9 cm³/mol. The molecule has 1 saturated heterocycles. The van der Waals surface area contributed by atoms with Gasteiger partial charge in [0.1, 0.15) is 6.10 Å². The molecule has 0 aromatic carbocycles. The van der Waals surface area contributed by atoms with Crippen molar-refractivity contribution in [2.24, 2.45) is 0 Å². The van der Waals surface area contributed by atoms with Crippen LogP contribution in [0, 0.1) is 0 Å². The molecule has 0 spiro atoms. The summed E-state index contributed by atoms with van der Waals surface area (Å²) in [5, 5.41) is 0. The molecule has 1 aromatic rings. The molecular weight excluding hydrogens is 218 g/mol. The number of Topliss-reactive ketones (excluding diaryl/α,β-unsaturated/α-hetero) is 1. The Kier molecular flexibility index (Phi) is 4.34. The minimum absolute atomic E-state index is 0.146. The Hall–Kier alpha value is -1.13. The molecule has 1 atom stereocenters. The molecule has 2 rings (SSSR count). The Balaban J connectivity index is 1.86. The second kappa shape index (κ2) is 5.98. The van der Waals surface area contributed by atoms with Gasteiger partial charge in [0.15, 0.2) is 5.78 Å². The number of nitrogens with zero attached hydrogens (tertiary/aromatic N) is 1. The highest BCUT2D eigenvalue weighted by atomic mass is 16.5. The SMILES string of the molecule is CCCN1CCOC(C(=O)Cc2ccoc2)C1. The van der Waals surface area contributed by atoms with Crippen molar-refractivity contribution in [1.82, 2.24) is 4.90 Å². The number of ether oxygens (including phenoxy) is 1. The maximum atomic E-state index is 12.0. The van der Waals surface area contributed by atoms with Gasteiger partial charge in [-0.2, -0.15) is 0 Å². The average molecular weight is 237 g/mol. The molecule has 94 valence electrons. The molecule has 1 aliphatic rings. The molecule has 1 fully saturated rings. The fourth-order valence-electron chi connectivity index (χ4n) is 2.12. The summed E-state index contributed by atoms with van der Waals surface area (Å²) in [6, 6.07) is 1.82. The molecule has 2 heterocycles. The number of rotatable bonds is 5. The molecule has 0 N–H and O–H groups in total. The van der Waals surface area contributed by atoms with Crippen molar-refractivity contribution >= 4 is 5.78 Å². The quantitative estimate of drug-likeness (QED) is 0.778. The van der Waals surface area contributed by atoms with Crippen molar-refractivity contribution in [3.05, 3.63) is 24.2 Å². The lowest BCUT2D eigenvalue weighted by atomic mass is 10.1. The van der Waals surface area contributed by atoms with Crippen molar-refractivity contribution < 1.29 is 13.9 Å². The Bertz CT molecular complexity index is 346. The summed E-state index contributed by atoms with van der Waals surface area (Å²) >= 11 is 0. The fraction of sp³-hybridized carbons (Fsp3) is 0.615. The van der Waals surface area contributed by atoms with Crippen molar-refractivity contribution in [3.8, 4) is 0 Å².